The fourth-order valence-corrected chi connectivity index (χ4v) is 4.42. The highest BCUT2D eigenvalue weighted by Gasteiger charge is 2.14. The summed E-state index contributed by atoms with van der Waals surface area (Å²) < 4.78 is 7.36. The monoisotopic (exact) mass is 410 g/mol. The zero-order valence-electron chi connectivity index (χ0n) is 14.7. The Morgan fingerprint density at radius 3 is 2.96 bits per heavy atom. The van der Waals surface area contributed by atoms with Crippen LogP contribution in [-0.4, -0.2) is 41.2 Å². The van der Waals surface area contributed by atoms with Crippen LogP contribution in [0.15, 0.2) is 28.7 Å². The van der Waals surface area contributed by atoms with E-state index >= 15 is 0 Å². The maximum Gasteiger partial charge on any atom is 0.225 e. The number of ether oxygens (including phenoxy) is 1. The van der Waals surface area contributed by atoms with Crippen molar-refractivity contribution in [2.45, 2.75) is 24.4 Å². The summed E-state index contributed by atoms with van der Waals surface area (Å²) in [5, 5.41) is 4.24. The number of methoxy groups -OCH3 is 1. The minimum atomic E-state index is -0.0307. The molecule has 0 unspecified atom stereocenters. The number of amides is 1. The van der Waals surface area contributed by atoms with Gasteiger partial charge in [-0.1, -0.05) is 23.4 Å². The Labute approximate surface area is 165 Å². The number of thiazole rings is 1. The Balaban J connectivity index is 1.80. The molecule has 0 aliphatic heterocycles. The molecule has 0 saturated carbocycles. The first kappa shape index (κ1) is 19.2. The minimum Gasteiger partial charge on any atom is -0.383 e. The van der Waals surface area contributed by atoms with Gasteiger partial charge in [0.25, 0.3) is 0 Å². The number of fused-ring (bicyclic) bond motifs is 1. The highest BCUT2D eigenvalue weighted by Crippen LogP contribution is 2.29. The van der Waals surface area contributed by atoms with Crippen molar-refractivity contribution in [3.05, 3.63) is 34.3 Å². The van der Waals surface area contributed by atoms with Crippen molar-refractivity contribution in [1.29, 1.82) is 0 Å². The molecule has 0 atom stereocenters. The number of hydrogen-bond donors (Lipinski definition) is 0. The first-order valence-electron chi connectivity index (χ1n) is 7.96. The molecule has 26 heavy (non-hydrogen) atoms. The first-order valence-corrected chi connectivity index (χ1v) is 10.2. The number of rotatable bonds is 7. The molecule has 138 valence electrons. The first-order chi connectivity index (χ1) is 12.5. The summed E-state index contributed by atoms with van der Waals surface area (Å²) in [5.74, 6) is 0.642. The van der Waals surface area contributed by atoms with Crippen LogP contribution in [0.3, 0.4) is 0 Å². The Bertz CT molecular complexity index is 925. The lowest BCUT2D eigenvalue weighted by atomic mass is 10.3. The molecule has 1 aromatic carbocycles. The second kappa shape index (κ2) is 8.39. The van der Waals surface area contributed by atoms with Gasteiger partial charge >= 0.3 is 0 Å². The Morgan fingerprint density at radius 2 is 2.23 bits per heavy atom. The van der Waals surface area contributed by atoms with E-state index in [1.165, 1.54) is 18.3 Å². The molecule has 0 radical (unpaired) electrons. The van der Waals surface area contributed by atoms with Crippen LogP contribution >= 0.6 is 34.7 Å². The van der Waals surface area contributed by atoms with Gasteiger partial charge in [-0.3, -0.25) is 9.69 Å². The van der Waals surface area contributed by atoms with Crippen LogP contribution in [0.4, 0.5) is 5.13 Å². The molecular formula is C17H19ClN4O2S2. The summed E-state index contributed by atoms with van der Waals surface area (Å²) >= 11 is 9.17. The van der Waals surface area contributed by atoms with Crippen LogP contribution in [0, 0.1) is 0 Å². The van der Waals surface area contributed by atoms with E-state index in [4.69, 9.17) is 21.3 Å². The van der Waals surface area contributed by atoms with Gasteiger partial charge in [0.2, 0.25) is 5.91 Å². The van der Waals surface area contributed by atoms with Crippen LogP contribution < -0.4 is 4.90 Å². The summed E-state index contributed by atoms with van der Waals surface area (Å²) in [6.45, 7) is 2.84. The molecule has 6 nitrogen and oxygen atoms in total. The molecule has 0 aliphatic rings. The maximum absolute atomic E-state index is 11.5. The van der Waals surface area contributed by atoms with E-state index in [9.17, 15) is 4.79 Å². The van der Waals surface area contributed by atoms with Gasteiger partial charge in [-0.15, -0.1) is 11.3 Å². The molecule has 0 N–H and O–H groups in total. The van der Waals surface area contributed by atoms with Crippen LogP contribution in [0.2, 0.25) is 5.02 Å². The van der Waals surface area contributed by atoms with Crippen LogP contribution in [0.25, 0.3) is 11.0 Å². The number of aromatic nitrogens is 3. The average molecular weight is 411 g/mol. The standard InChI is InChI=1S/C17H19ClN4O2S2/c1-11(23)21(2)16-19-13(9-25-16)10-26-17-20-14-8-12(18)4-5-15(14)22(17)6-7-24-3/h4-5,8-9H,6-7,10H2,1-3H3. The largest absolute Gasteiger partial charge is 0.383 e. The second-order valence-corrected chi connectivity index (χ2v) is 7.88. The van der Waals surface area contributed by atoms with Crippen LogP contribution in [0.5, 0.6) is 0 Å². The Kier molecular flexibility index (Phi) is 6.18. The highest BCUT2D eigenvalue weighted by atomic mass is 35.5. The lowest BCUT2D eigenvalue weighted by molar-refractivity contribution is -0.116. The molecular weight excluding hydrogens is 392 g/mol. The van der Waals surface area contributed by atoms with Gasteiger partial charge < -0.3 is 9.30 Å². The number of thioether (sulfide) groups is 1. The van der Waals surface area contributed by atoms with E-state index in [1.807, 2.05) is 23.6 Å². The van der Waals surface area contributed by atoms with Gasteiger partial charge in [-0.2, -0.15) is 0 Å². The van der Waals surface area contributed by atoms with E-state index in [2.05, 4.69) is 9.55 Å². The quantitative estimate of drug-likeness (QED) is 0.549. The fraction of sp³-hybridized carbons (Fsp3) is 0.353. The molecule has 0 saturated heterocycles. The number of nitrogens with zero attached hydrogens (tertiary/aromatic N) is 4. The molecule has 0 fully saturated rings. The van der Waals surface area contributed by atoms with Gasteiger partial charge in [0.15, 0.2) is 10.3 Å². The number of carbonyl (C=O) groups excluding carboxylic acids is 1. The average Bonchev–Trinajstić information content (AvgIpc) is 3.21. The molecule has 9 heteroatoms. The number of benzene rings is 1. The SMILES string of the molecule is COCCn1c(SCc2csc(N(C)C(C)=O)n2)nc2cc(Cl)ccc21. The summed E-state index contributed by atoms with van der Waals surface area (Å²) in [7, 11) is 3.41. The van der Waals surface area contributed by atoms with E-state index in [0.717, 1.165) is 21.9 Å². The van der Waals surface area contributed by atoms with Crippen LogP contribution in [0.1, 0.15) is 12.6 Å². The van der Waals surface area contributed by atoms with Crippen molar-refractivity contribution < 1.29 is 9.53 Å². The van der Waals surface area contributed by atoms with Gasteiger partial charge in [0.1, 0.15) is 0 Å². The number of hydrogen-bond acceptors (Lipinski definition) is 6. The number of imidazole rings is 1. The van der Waals surface area contributed by atoms with E-state index in [1.54, 1.807) is 30.8 Å². The molecule has 2 heterocycles. The van der Waals surface area contributed by atoms with Crippen molar-refractivity contribution >= 4 is 56.8 Å². The molecule has 0 spiro atoms. The second-order valence-electron chi connectivity index (χ2n) is 5.66. The van der Waals surface area contributed by atoms with Crippen molar-refractivity contribution in [3.63, 3.8) is 0 Å². The third-order valence-electron chi connectivity index (χ3n) is 3.84. The van der Waals surface area contributed by atoms with Crippen molar-refractivity contribution in [2.24, 2.45) is 0 Å². The zero-order valence-corrected chi connectivity index (χ0v) is 17.1. The van der Waals surface area contributed by atoms with Gasteiger partial charge in [0, 0.05) is 43.8 Å². The molecule has 0 aliphatic carbocycles. The summed E-state index contributed by atoms with van der Waals surface area (Å²) in [6, 6.07) is 5.72. The number of anilines is 1. The lowest BCUT2D eigenvalue weighted by Gasteiger charge is -2.09. The topological polar surface area (TPSA) is 60.2 Å². The highest BCUT2D eigenvalue weighted by molar-refractivity contribution is 7.98. The van der Waals surface area contributed by atoms with Gasteiger partial charge in [-0.05, 0) is 18.2 Å². The predicted octanol–water partition coefficient (Wildman–Crippen LogP) is 4.07. The predicted molar refractivity (Wildman–Crippen MR) is 107 cm³/mol. The molecule has 1 amide bonds. The maximum atomic E-state index is 11.5. The summed E-state index contributed by atoms with van der Waals surface area (Å²) in [5.41, 5.74) is 2.82. The molecule has 2 aromatic heterocycles. The normalized spacial score (nSPS) is 11.2. The van der Waals surface area contributed by atoms with Crippen molar-refractivity contribution in [2.75, 3.05) is 25.7 Å². The van der Waals surface area contributed by atoms with E-state index in [0.29, 0.717) is 29.1 Å². The van der Waals surface area contributed by atoms with E-state index < -0.39 is 0 Å². The summed E-state index contributed by atoms with van der Waals surface area (Å²) in [6.07, 6.45) is 0. The minimum absolute atomic E-state index is 0.0307. The summed E-state index contributed by atoms with van der Waals surface area (Å²) in [4.78, 5) is 22.2. The fourth-order valence-electron chi connectivity index (χ4n) is 2.38. The smallest absolute Gasteiger partial charge is 0.225 e. The lowest BCUT2D eigenvalue weighted by Crippen LogP contribution is -2.22. The number of halogens is 1. The van der Waals surface area contributed by atoms with Crippen LogP contribution in [-0.2, 0) is 21.8 Å². The van der Waals surface area contributed by atoms with Crippen molar-refractivity contribution in [3.8, 4) is 0 Å². The van der Waals surface area contributed by atoms with Gasteiger partial charge in [0.05, 0.1) is 23.3 Å². The van der Waals surface area contributed by atoms with Gasteiger partial charge in [-0.25, -0.2) is 9.97 Å². The zero-order chi connectivity index (χ0) is 18.7. The molecule has 3 rings (SSSR count). The van der Waals surface area contributed by atoms with Crippen molar-refractivity contribution in [1.82, 2.24) is 14.5 Å². The Morgan fingerprint density at radius 1 is 1.42 bits per heavy atom. The molecule has 0 bridgehead atoms. The molecule has 3 aromatic rings. The van der Waals surface area contributed by atoms with E-state index in [-0.39, 0.29) is 5.91 Å². The number of carbonyl (C=O) groups is 1. The third-order valence-corrected chi connectivity index (χ3v) is 6.05. The third kappa shape index (κ3) is 4.20. The Hall–Kier alpha value is -1.61.